The predicted octanol–water partition coefficient (Wildman–Crippen LogP) is 4.29. The molecule has 0 amide bonds. The Morgan fingerprint density at radius 2 is 1.69 bits per heavy atom. The first-order chi connectivity index (χ1) is 14.8. The van der Waals surface area contributed by atoms with Gasteiger partial charge in [-0.2, -0.15) is 0 Å². The Balaban J connectivity index is 3.39. The van der Waals surface area contributed by atoms with Gasteiger partial charge in [-0.3, -0.25) is 4.79 Å². The molecule has 7 nitrogen and oxygen atoms in total. The standard InChI is InChI=1S/C24H38O7Si/c1-18(2)30-22(27)24(14-21(26)28-6,31-32(7,8)23(3,4)5)20(15-25)17-29-16-19-12-10-9-11-13-19/h9-13,15,18,20H,14,16-17H2,1-8H3/t20-,24+/m0/s1. The van der Waals surface area contributed by atoms with Crippen molar-refractivity contribution in [3.8, 4) is 0 Å². The summed E-state index contributed by atoms with van der Waals surface area (Å²) in [7, 11) is -1.41. The van der Waals surface area contributed by atoms with E-state index in [0.717, 1.165) is 5.56 Å². The zero-order chi connectivity index (χ0) is 24.6. The van der Waals surface area contributed by atoms with E-state index in [2.05, 4.69) is 0 Å². The Hall–Kier alpha value is -2.03. The van der Waals surface area contributed by atoms with Crippen LogP contribution in [-0.4, -0.2) is 52.0 Å². The lowest BCUT2D eigenvalue weighted by molar-refractivity contribution is -0.182. The van der Waals surface area contributed by atoms with Crippen molar-refractivity contribution >= 4 is 26.5 Å². The predicted molar refractivity (Wildman–Crippen MR) is 125 cm³/mol. The molecule has 0 bridgehead atoms. The van der Waals surface area contributed by atoms with Crippen LogP contribution in [0.25, 0.3) is 0 Å². The van der Waals surface area contributed by atoms with Crippen LogP contribution in [0.2, 0.25) is 18.1 Å². The average Bonchev–Trinajstić information content (AvgIpc) is 2.69. The molecular formula is C24H38O7Si. The highest BCUT2D eigenvalue weighted by molar-refractivity contribution is 6.74. The smallest absolute Gasteiger partial charge is 0.338 e. The molecule has 0 aliphatic heterocycles. The van der Waals surface area contributed by atoms with Crippen molar-refractivity contribution in [2.24, 2.45) is 5.92 Å². The number of aldehydes is 1. The van der Waals surface area contributed by atoms with Crippen LogP contribution in [0.5, 0.6) is 0 Å². The molecule has 32 heavy (non-hydrogen) atoms. The van der Waals surface area contributed by atoms with Crippen molar-refractivity contribution in [3.05, 3.63) is 35.9 Å². The molecule has 0 aliphatic carbocycles. The van der Waals surface area contributed by atoms with Crippen LogP contribution in [0.4, 0.5) is 0 Å². The molecule has 0 fully saturated rings. The van der Waals surface area contributed by atoms with E-state index >= 15 is 0 Å². The van der Waals surface area contributed by atoms with Gasteiger partial charge >= 0.3 is 11.9 Å². The molecule has 8 heteroatoms. The zero-order valence-electron chi connectivity index (χ0n) is 20.6. The lowest BCUT2D eigenvalue weighted by atomic mass is 9.85. The third kappa shape index (κ3) is 7.53. The van der Waals surface area contributed by atoms with Gasteiger partial charge in [-0.1, -0.05) is 51.1 Å². The van der Waals surface area contributed by atoms with Crippen molar-refractivity contribution in [2.75, 3.05) is 13.7 Å². The number of methoxy groups -OCH3 is 1. The third-order valence-electron chi connectivity index (χ3n) is 5.74. The zero-order valence-corrected chi connectivity index (χ0v) is 21.6. The molecule has 1 rings (SSSR count). The topological polar surface area (TPSA) is 88.1 Å². The second kappa shape index (κ2) is 11.7. The Bertz CT molecular complexity index is 755. The summed E-state index contributed by atoms with van der Waals surface area (Å²) in [5, 5.41) is -0.287. The molecular weight excluding hydrogens is 428 g/mol. The number of rotatable bonds is 12. The van der Waals surface area contributed by atoms with Crippen molar-refractivity contribution in [1.82, 2.24) is 0 Å². The van der Waals surface area contributed by atoms with Gasteiger partial charge in [-0.15, -0.1) is 0 Å². The van der Waals surface area contributed by atoms with Gasteiger partial charge in [-0.25, -0.2) is 4.79 Å². The number of carbonyl (C=O) groups is 3. The number of benzene rings is 1. The molecule has 0 N–H and O–H groups in total. The lowest BCUT2D eigenvalue weighted by Crippen LogP contribution is -2.60. The Morgan fingerprint density at radius 1 is 1.09 bits per heavy atom. The monoisotopic (exact) mass is 466 g/mol. The minimum absolute atomic E-state index is 0.114. The Morgan fingerprint density at radius 3 is 2.16 bits per heavy atom. The maximum Gasteiger partial charge on any atom is 0.338 e. The summed E-state index contributed by atoms with van der Waals surface area (Å²) < 4.78 is 22.7. The highest BCUT2D eigenvalue weighted by atomic mass is 28.4. The summed E-state index contributed by atoms with van der Waals surface area (Å²) in [5.74, 6) is -2.49. The van der Waals surface area contributed by atoms with Gasteiger partial charge in [0.25, 0.3) is 0 Å². The van der Waals surface area contributed by atoms with Crippen LogP contribution in [0.1, 0.15) is 46.6 Å². The van der Waals surface area contributed by atoms with Crippen molar-refractivity contribution in [1.29, 1.82) is 0 Å². The van der Waals surface area contributed by atoms with E-state index in [9.17, 15) is 14.4 Å². The van der Waals surface area contributed by atoms with Gasteiger partial charge in [0, 0.05) is 0 Å². The molecule has 0 heterocycles. The Labute approximate surface area is 192 Å². The van der Waals surface area contributed by atoms with Gasteiger partial charge in [0.05, 0.1) is 38.8 Å². The van der Waals surface area contributed by atoms with Crippen LogP contribution in [0.3, 0.4) is 0 Å². The number of esters is 2. The summed E-state index contributed by atoms with van der Waals surface area (Å²) in [4.78, 5) is 38.1. The lowest BCUT2D eigenvalue weighted by Gasteiger charge is -2.46. The van der Waals surface area contributed by atoms with Crippen LogP contribution in [-0.2, 0) is 39.6 Å². The van der Waals surface area contributed by atoms with E-state index in [1.165, 1.54) is 7.11 Å². The molecule has 0 saturated carbocycles. The van der Waals surface area contributed by atoms with Gasteiger partial charge in [0.2, 0.25) is 0 Å². The maximum atomic E-state index is 13.4. The van der Waals surface area contributed by atoms with Crippen LogP contribution < -0.4 is 0 Å². The maximum absolute atomic E-state index is 13.4. The van der Waals surface area contributed by atoms with Crippen LogP contribution >= 0.6 is 0 Å². The summed E-state index contributed by atoms with van der Waals surface area (Å²) in [6.07, 6.45) is -0.289. The number of ether oxygens (including phenoxy) is 3. The molecule has 0 spiro atoms. The first-order valence-electron chi connectivity index (χ1n) is 10.8. The number of carbonyl (C=O) groups excluding carboxylic acids is 3. The van der Waals surface area contributed by atoms with E-state index in [4.69, 9.17) is 18.6 Å². The number of hydrogen-bond acceptors (Lipinski definition) is 7. The molecule has 0 aliphatic rings. The summed E-state index contributed by atoms with van der Waals surface area (Å²) in [6.45, 7) is 13.5. The van der Waals surface area contributed by atoms with Crippen molar-refractivity contribution in [3.63, 3.8) is 0 Å². The molecule has 1 aromatic carbocycles. The first kappa shape index (κ1) is 28.0. The average molecular weight is 467 g/mol. The largest absolute Gasteiger partial charge is 0.469 e. The molecule has 2 atom stereocenters. The fraction of sp³-hybridized carbons (Fsp3) is 0.625. The third-order valence-corrected chi connectivity index (χ3v) is 10.2. The van der Waals surface area contributed by atoms with Gasteiger partial charge in [-0.05, 0) is 37.5 Å². The molecule has 1 aromatic rings. The van der Waals surface area contributed by atoms with E-state index in [1.807, 2.05) is 64.2 Å². The van der Waals surface area contributed by atoms with Crippen molar-refractivity contribution < 1.29 is 33.0 Å². The van der Waals surface area contributed by atoms with E-state index in [-0.39, 0.29) is 18.3 Å². The van der Waals surface area contributed by atoms with E-state index in [1.54, 1.807) is 13.8 Å². The number of hydrogen-bond donors (Lipinski definition) is 0. The molecule has 0 saturated heterocycles. The highest BCUT2D eigenvalue weighted by Gasteiger charge is 2.56. The van der Waals surface area contributed by atoms with Crippen LogP contribution in [0.15, 0.2) is 30.3 Å². The first-order valence-corrected chi connectivity index (χ1v) is 13.7. The van der Waals surface area contributed by atoms with Crippen molar-refractivity contribution in [2.45, 2.75) is 77.5 Å². The summed E-state index contributed by atoms with van der Waals surface area (Å²) >= 11 is 0. The summed E-state index contributed by atoms with van der Waals surface area (Å²) in [6, 6.07) is 9.47. The van der Waals surface area contributed by atoms with Gasteiger partial charge in [0.15, 0.2) is 13.9 Å². The second-order valence-corrected chi connectivity index (χ2v) is 14.4. The minimum Gasteiger partial charge on any atom is -0.469 e. The highest BCUT2D eigenvalue weighted by Crippen LogP contribution is 2.42. The van der Waals surface area contributed by atoms with E-state index < -0.39 is 44.3 Å². The fourth-order valence-corrected chi connectivity index (χ4v) is 4.40. The molecule has 0 aromatic heterocycles. The van der Waals surface area contributed by atoms with Gasteiger partial charge < -0.3 is 23.4 Å². The van der Waals surface area contributed by atoms with Crippen LogP contribution in [0, 0.1) is 5.92 Å². The Kier molecular flexibility index (Phi) is 10.3. The minimum atomic E-state index is -2.64. The second-order valence-electron chi connectivity index (χ2n) is 9.70. The SMILES string of the molecule is COC(=O)C[C@](O[Si](C)(C)C(C)(C)C)(C(=O)OC(C)C)[C@@H](C=O)COCc1ccccc1. The summed E-state index contributed by atoms with van der Waals surface area (Å²) in [5.41, 5.74) is -0.926. The fourth-order valence-electron chi connectivity index (χ4n) is 2.88. The normalized spacial score (nSPS) is 15.0. The molecule has 180 valence electrons. The quantitative estimate of drug-likeness (QED) is 0.258. The van der Waals surface area contributed by atoms with Gasteiger partial charge in [0.1, 0.15) is 6.29 Å². The molecule has 0 unspecified atom stereocenters. The molecule has 0 radical (unpaired) electrons. The van der Waals surface area contributed by atoms with E-state index in [0.29, 0.717) is 6.29 Å².